The van der Waals surface area contributed by atoms with E-state index >= 15 is 0 Å². The van der Waals surface area contributed by atoms with E-state index in [0.717, 1.165) is 34.8 Å². The summed E-state index contributed by atoms with van der Waals surface area (Å²) in [5.41, 5.74) is 9.46. The lowest BCUT2D eigenvalue weighted by Crippen LogP contribution is -2.31. The highest BCUT2D eigenvalue weighted by Gasteiger charge is 2.18. The van der Waals surface area contributed by atoms with E-state index in [2.05, 4.69) is 170 Å². The Hall–Kier alpha value is -6.48. The summed E-state index contributed by atoms with van der Waals surface area (Å²) in [6, 6.07) is 58.3. The summed E-state index contributed by atoms with van der Waals surface area (Å²) in [5, 5.41) is 15.2. The molecule has 0 radical (unpaired) electrons. The van der Waals surface area contributed by atoms with Gasteiger partial charge in [-0.3, -0.25) is 0 Å². The van der Waals surface area contributed by atoms with Gasteiger partial charge in [0.15, 0.2) is 0 Å². The average molecular weight is 705 g/mol. The maximum Gasteiger partial charge on any atom is 0.136 e. The first-order valence-corrected chi connectivity index (χ1v) is 19.6. The average Bonchev–Trinajstić information content (AvgIpc) is 3.77. The van der Waals surface area contributed by atoms with E-state index in [1.807, 2.05) is 11.3 Å². The summed E-state index contributed by atoms with van der Waals surface area (Å²) in [6.45, 7) is 0. The third-order valence-electron chi connectivity index (χ3n) is 11.6. The van der Waals surface area contributed by atoms with Crippen molar-refractivity contribution in [2.75, 3.05) is 0 Å². The molecule has 2 aromatic heterocycles. The Kier molecular flexibility index (Phi) is 6.40. The third-order valence-corrected chi connectivity index (χ3v) is 12.7. The summed E-state index contributed by atoms with van der Waals surface area (Å²) >= 11 is 1.87. The first-order chi connectivity index (χ1) is 26.7. The highest BCUT2D eigenvalue weighted by Crippen LogP contribution is 2.41. The maximum absolute atomic E-state index is 6.57. The van der Waals surface area contributed by atoms with Crippen LogP contribution >= 0.6 is 11.3 Å². The fourth-order valence-corrected chi connectivity index (χ4v) is 10.2. The Morgan fingerprint density at radius 3 is 1.72 bits per heavy atom. The van der Waals surface area contributed by atoms with Gasteiger partial charge in [-0.1, -0.05) is 115 Å². The van der Waals surface area contributed by atoms with Gasteiger partial charge in [-0.2, -0.15) is 0 Å². The Labute approximate surface area is 315 Å². The molecular formula is C52H32OS. The molecule has 1 nitrogen and oxygen atoms in total. The second kappa shape index (κ2) is 11.5. The van der Waals surface area contributed by atoms with E-state index in [-0.39, 0.29) is 0 Å². The lowest BCUT2D eigenvalue weighted by Gasteiger charge is -2.18. The van der Waals surface area contributed by atoms with Gasteiger partial charge < -0.3 is 4.42 Å². The molecule has 0 N–H and O–H groups in total. The maximum atomic E-state index is 6.57. The van der Waals surface area contributed by atoms with Crippen LogP contribution in [0.3, 0.4) is 0 Å². The van der Waals surface area contributed by atoms with Gasteiger partial charge >= 0.3 is 0 Å². The monoisotopic (exact) mass is 704 g/mol. The molecular weight excluding hydrogens is 673 g/mol. The second-order valence-electron chi connectivity index (χ2n) is 14.7. The summed E-state index contributed by atoms with van der Waals surface area (Å²) in [6.07, 6.45) is 7.01. The lowest BCUT2D eigenvalue weighted by molar-refractivity contribution is 0.669. The molecule has 0 fully saturated rings. The van der Waals surface area contributed by atoms with Crippen molar-refractivity contribution in [1.29, 1.82) is 0 Å². The van der Waals surface area contributed by atoms with Crippen molar-refractivity contribution < 1.29 is 4.42 Å². The van der Waals surface area contributed by atoms with Crippen molar-refractivity contribution in [3.63, 3.8) is 0 Å². The van der Waals surface area contributed by atoms with Crippen LogP contribution in [0.1, 0.15) is 12.8 Å². The molecule has 252 valence electrons. The number of fused-ring (bicyclic) bond motifs is 10. The van der Waals surface area contributed by atoms with Crippen LogP contribution in [0.4, 0.5) is 0 Å². The minimum atomic E-state index is 0.924. The Morgan fingerprint density at radius 2 is 0.944 bits per heavy atom. The van der Waals surface area contributed by atoms with Crippen LogP contribution in [0.15, 0.2) is 162 Å². The fraction of sp³-hybridized carbons (Fsp3) is 0.0385. The van der Waals surface area contributed by atoms with Gasteiger partial charge in [0.1, 0.15) is 11.2 Å². The highest BCUT2D eigenvalue weighted by atomic mass is 32.1. The van der Waals surface area contributed by atoms with Gasteiger partial charge in [0.05, 0.1) is 0 Å². The Morgan fingerprint density at radius 1 is 0.352 bits per heavy atom. The SMILES string of the molecule is C1=c2c(-c3ccc4cc(-c5ccccc5)ccc4c3)c3ccccc3c(-c3ccc4oc5cc6cc7c(cc6cc5c4c3)sc3ccccc37)c2=CCC1. The largest absolute Gasteiger partial charge is 0.456 e. The van der Waals surface area contributed by atoms with E-state index < -0.39 is 0 Å². The van der Waals surface area contributed by atoms with Crippen molar-refractivity contribution in [3.8, 4) is 33.4 Å². The third kappa shape index (κ3) is 4.50. The lowest BCUT2D eigenvalue weighted by atomic mass is 9.85. The quantitative estimate of drug-likeness (QED) is 0.178. The van der Waals surface area contributed by atoms with E-state index in [1.54, 1.807) is 0 Å². The van der Waals surface area contributed by atoms with Crippen LogP contribution in [0.25, 0.3) is 120 Å². The molecule has 0 saturated heterocycles. The molecule has 0 unspecified atom stereocenters. The van der Waals surface area contributed by atoms with Crippen LogP contribution in [0, 0.1) is 0 Å². The second-order valence-corrected chi connectivity index (χ2v) is 15.8. The molecule has 2 heterocycles. The highest BCUT2D eigenvalue weighted by molar-refractivity contribution is 7.25. The fourth-order valence-electron chi connectivity index (χ4n) is 9.09. The van der Waals surface area contributed by atoms with Gasteiger partial charge in [0.2, 0.25) is 0 Å². The number of benzene rings is 9. The van der Waals surface area contributed by atoms with Crippen molar-refractivity contribution >= 4 is 97.9 Å². The minimum Gasteiger partial charge on any atom is -0.456 e. The molecule has 0 bridgehead atoms. The number of hydrogen-bond donors (Lipinski definition) is 0. The topological polar surface area (TPSA) is 13.1 Å². The molecule has 11 aromatic rings. The zero-order valence-corrected chi connectivity index (χ0v) is 30.2. The Bertz CT molecular complexity index is 3490. The van der Waals surface area contributed by atoms with Crippen molar-refractivity contribution in [3.05, 3.63) is 168 Å². The predicted molar refractivity (Wildman–Crippen MR) is 233 cm³/mol. The van der Waals surface area contributed by atoms with Gasteiger partial charge in [-0.15, -0.1) is 11.3 Å². The molecule has 0 atom stereocenters. The molecule has 0 aliphatic heterocycles. The summed E-state index contributed by atoms with van der Waals surface area (Å²) in [5.74, 6) is 0. The van der Waals surface area contributed by atoms with Crippen LogP contribution in [-0.4, -0.2) is 0 Å². The number of furan rings is 1. The zero-order valence-electron chi connectivity index (χ0n) is 29.4. The smallest absolute Gasteiger partial charge is 0.136 e. The number of rotatable bonds is 3. The molecule has 0 spiro atoms. The van der Waals surface area contributed by atoms with Crippen LogP contribution in [-0.2, 0) is 0 Å². The van der Waals surface area contributed by atoms with Gasteiger partial charge in [0, 0.05) is 30.9 Å². The normalized spacial score (nSPS) is 13.0. The van der Waals surface area contributed by atoms with E-state index in [4.69, 9.17) is 4.42 Å². The van der Waals surface area contributed by atoms with E-state index in [1.165, 1.54) is 96.3 Å². The Balaban J connectivity index is 1.05. The standard InChI is InChI=1S/C52H32OS/c1-2-10-31(11-3-1)32-18-19-34-25-35(21-20-33(34)24-32)51-40-13-4-6-15-42(40)52(43-16-7-5-14-41(43)51)36-22-23-47-44(26-36)45-27-38-30-50-46(28-37(38)29-48(45)53-47)39-12-8-9-17-49(39)54-50/h1-4,6,8-30H,5,7H2. The van der Waals surface area contributed by atoms with Crippen molar-refractivity contribution in [2.45, 2.75) is 12.8 Å². The van der Waals surface area contributed by atoms with E-state index in [0.29, 0.717) is 0 Å². The molecule has 2 heteroatoms. The minimum absolute atomic E-state index is 0.924. The van der Waals surface area contributed by atoms with Crippen LogP contribution in [0.5, 0.6) is 0 Å². The molecule has 12 rings (SSSR count). The molecule has 54 heavy (non-hydrogen) atoms. The van der Waals surface area contributed by atoms with Gasteiger partial charge in [-0.05, 0) is 144 Å². The molecule has 1 aliphatic carbocycles. The first-order valence-electron chi connectivity index (χ1n) is 18.8. The summed E-state index contributed by atoms with van der Waals surface area (Å²) in [4.78, 5) is 0. The van der Waals surface area contributed by atoms with Crippen LogP contribution in [0.2, 0.25) is 0 Å². The van der Waals surface area contributed by atoms with Crippen molar-refractivity contribution in [2.24, 2.45) is 0 Å². The van der Waals surface area contributed by atoms with E-state index in [9.17, 15) is 0 Å². The molecule has 9 aromatic carbocycles. The van der Waals surface area contributed by atoms with Gasteiger partial charge in [0.25, 0.3) is 0 Å². The number of thiophene rings is 1. The first kappa shape index (κ1) is 30.0. The van der Waals surface area contributed by atoms with Gasteiger partial charge in [-0.25, -0.2) is 0 Å². The summed E-state index contributed by atoms with van der Waals surface area (Å²) in [7, 11) is 0. The molecule has 1 aliphatic rings. The summed E-state index contributed by atoms with van der Waals surface area (Å²) < 4.78 is 9.22. The molecule has 0 amide bonds. The number of hydrogen-bond acceptors (Lipinski definition) is 2. The molecule has 0 saturated carbocycles. The van der Waals surface area contributed by atoms with Crippen molar-refractivity contribution in [1.82, 2.24) is 0 Å². The zero-order chi connectivity index (χ0) is 35.3. The predicted octanol–water partition coefficient (Wildman–Crippen LogP) is 13.8. The van der Waals surface area contributed by atoms with Crippen LogP contribution < -0.4 is 10.4 Å².